The predicted molar refractivity (Wildman–Crippen MR) is 148 cm³/mol. The number of rotatable bonds is 10. The van der Waals surface area contributed by atoms with Crippen molar-refractivity contribution >= 4 is 23.2 Å². The number of amides is 1. The van der Waals surface area contributed by atoms with Gasteiger partial charge >= 0.3 is 0 Å². The molecule has 1 aliphatic heterocycles. The number of likely N-dealkylation sites (tertiary alicyclic amines) is 1. The Hall–Kier alpha value is -3.22. The lowest BCUT2D eigenvalue weighted by atomic mass is 9.86. The predicted octanol–water partition coefficient (Wildman–Crippen LogP) is 5.68. The molecule has 3 aromatic rings. The fraction of sp³-hybridized carbons (Fsp3) is 0.367. The standard InChI is InChI=1S/C30H35ClN2O4/c1-32(25-7-5-6-24(31)18-25)30(34)17-23-19-33(20-27(23)22-9-11-26(35-2)12-10-22)15-14-21-8-13-28(36-3)29(16-21)37-4/h5-13,16,18,23,27H,14-15,17,19-20H2,1-4H3/t23-,27+/m0/s1. The summed E-state index contributed by atoms with van der Waals surface area (Å²) in [5, 5.41) is 0.621. The van der Waals surface area contributed by atoms with Crippen LogP contribution in [0.4, 0.5) is 5.69 Å². The molecule has 4 rings (SSSR count). The van der Waals surface area contributed by atoms with E-state index in [-0.39, 0.29) is 17.7 Å². The second-order valence-corrected chi connectivity index (χ2v) is 9.91. The minimum atomic E-state index is 0.0903. The molecular weight excluding hydrogens is 488 g/mol. The fourth-order valence-electron chi connectivity index (χ4n) is 5.09. The summed E-state index contributed by atoms with van der Waals surface area (Å²) in [7, 11) is 6.80. The Bertz CT molecular complexity index is 1200. The third-order valence-electron chi connectivity index (χ3n) is 7.23. The molecule has 0 radical (unpaired) electrons. The summed E-state index contributed by atoms with van der Waals surface area (Å²) in [5.41, 5.74) is 3.23. The first-order valence-electron chi connectivity index (χ1n) is 12.5. The van der Waals surface area contributed by atoms with Crippen LogP contribution in [-0.2, 0) is 11.2 Å². The first kappa shape index (κ1) is 26.8. The lowest BCUT2D eigenvalue weighted by molar-refractivity contribution is -0.119. The van der Waals surface area contributed by atoms with Crippen molar-refractivity contribution < 1.29 is 19.0 Å². The van der Waals surface area contributed by atoms with Crippen LogP contribution in [-0.4, -0.2) is 58.8 Å². The summed E-state index contributed by atoms with van der Waals surface area (Å²) in [6, 6.07) is 21.7. The van der Waals surface area contributed by atoms with E-state index >= 15 is 0 Å². The zero-order valence-electron chi connectivity index (χ0n) is 21.9. The van der Waals surface area contributed by atoms with Gasteiger partial charge in [0.25, 0.3) is 0 Å². The third-order valence-corrected chi connectivity index (χ3v) is 7.47. The van der Waals surface area contributed by atoms with Crippen molar-refractivity contribution in [2.45, 2.75) is 18.8 Å². The smallest absolute Gasteiger partial charge is 0.227 e. The molecule has 0 aromatic heterocycles. The molecule has 0 aliphatic carbocycles. The summed E-state index contributed by atoms with van der Waals surface area (Å²) < 4.78 is 16.2. The monoisotopic (exact) mass is 522 g/mol. The molecule has 3 aromatic carbocycles. The largest absolute Gasteiger partial charge is 0.497 e. The molecule has 1 saturated heterocycles. The van der Waals surface area contributed by atoms with Crippen LogP contribution >= 0.6 is 11.6 Å². The molecule has 196 valence electrons. The second-order valence-electron chi connectivity index (χ2n) is 9.48. The van der Waals surface area contributed by atoms with Gasteiger partial charge in [0.1, 0.15) is 5.75 Å². The van der Waals surface area contributed by atoms with Gasteiger partial charge in [-0.2, -0.15) is 0 Å². The molecule has 0 bridgehead atoms. The summed E-state index contributed by atoms with van der Waals surface area (Å²) in [6.07, 6.45) is 1.35. The average Bonchev–Trinajstić information content (AvgIpc) is 3.33. The summed E-state index contributed by atoms with van der Waals surface area (Å²) >= 11 is 6.16. The normalized spacial score (nSPS) is 17.4. The molecule has 2 atom stereocenters. The summed E-state index contributed by atoms with van der Waals surface area (Å²) in [4.78, 5) is 17.5. The van der Waals surface area contributed by atoms with Crippen LogP contribution in [0.2, 0.25) is 5.02 Å². The molecule has 0 unspecified atom stereocenters. The third kappa shape index (κ3) is 6.56. The number of halogens is 1. The summed E-state index contributed by atoms with van der Waals surface area (Å²) in [6.45, 7) is 2.66. The van der Waals surface area contributed by atoms with Gasteiger partial charge in [-0.1, -0.05) is 35.9 Å². The summed E-state index contributed by atoms with van der Waals surface area (Å²) in [5.74, 6) is 2.85. The molecule has 1 heterocycles. The van der Waals surface area contributed by atoms with E-state index in [9.17, 15) is 4.79 Å². The molecule has 1 amide bonds. The number of carbonyl (C=O) groups is 1. The van der Waals surface area contributed by atoms with Crippen LogP contribution < -0.4 is 19.1 Å². The molecule has 0 N–H and O–H groups in total. The Morgan fingerprint density at radius 3 is 2.38 bits per heavy atom. The number of anilines is 1. The highest BCUT2D eigenvalue weighted by Crippen LogP contribution is 2.36. The van der Waals surface area contributed by atoms with Gasteiger partial charge in [-0.05, 0) is 65.9 Å². The topological polar surface area (TPSA) is 51.2 Å². The molecule has 0 saturated carbocycles. The number of methoxy groups -OCH3 is 3. The molecular formula is C30H35ClN2O4. The molecule has 37 heavy (non-hydrogen) atoms. The lowest BCUT2D eigenvalue weighted by Gasteiger charge is -2.23. The van der Waals surface area contributed by atoms with Gasteiger partial charge in [-0.3, -0.25) is 4.79 Å². The Labute approximate surface area is 224 Å². The number of carbonyl (C=O) groups excluding carboxylic acids is 1. The van der Waals surface area contributed by atoms with E-state index in [0.717, 1.165) is 49.0 Å². The number of nitrogens with zero attached hydrogens (tertiary/aromatic N) is 2. The molecule has 1 fully saturated rings. The van der Waals surface area contributed by atoms with E-state index in [4.69, 9.17) is 25.8 Å². The van der Waals surface area contributed by atoms with Crippen LogP contribution in [0.3, 0.4) is 0 Å². The number of ether oxygens (including phenoxy) is 3. The van der Waals surface area contributed by atoms with Crippen molar-refractivity contribution in [1.29, 1.82) is 0 Å². The van der Waals surface area contributed by atoms with Crippen molar-refractivity contribution in [1.82, 2.24) is 4.90 Å². The highest BCUT2D eigenvalue weighted by Gasteiger charge is 2.35. The van der Waals surface area contributed by atoms with Crippen LogP contribution in [0.5, 0.6) is 17.2 Å². The maximum Gasteiger partial charge on any atom is 0.227 e. The van der Waals surface area contributed by atoms with Crippen molar-refractivity contribution in [3.05, 3.63) is 82.9 Å². The molecule has 6 nitrogen and oxygen atoms in total. The maximum atomic E-state index is 13.3. The molecule has 0 spiro atoms. The van der Waals surface area contributed by atoms with Gasteiger partial charge in [0.2, 0.25) is 5.91 Å². The first-order valence-corrected chi connectivity index (χ1v) is 12.9. The zero-order valence-corrected chi connectivity index (χ0v) is 22.7. The van der Waals surface area contributed by atoms with E-state index < -0.39 is 0 Å². The van der Waals surface area contributed by atoms with E-state index in [1.807, 2.05) is 55.6 Å². The average molecular weight is 523 g/mol. The minimum Gasteiger partial charge on any atom is -0.497 e. The Kier molecular flexibility index (Phi) is 8.95. The number of benzene rings is 3. The first-order chi connectivity index (χ1) is 17.9. The zero-order chi connectivity index (χ0) is 26.4. The van der Waals surface area contributed by atoms with Crippen molar-refractivity contribution in [3.8, 4) is 17.2 Å². The quantitative estimate of drug-likeness (QED) is 0.343. The van der Waals surface area contributed by atoms with Crippen LogP contribution in [0, 0.1) is 5.92 Å². The lowest BCUT2D eigenvalue weighted by Crippen LogP contribution is -2.30. The van der Waals surface area contributed by atoms with Gasteiger partial charge in [0.05, 0.1) is 21.3 Å². The van der Waals surface area contributed by atoms with Crippen molar-refractivity contribution in [2.75, 3.05) is 52.9 Å². The number of hydrogen-bond acceptors (Lipinski definition) is 5. The van der Waals surface area contributed by atoms with Gasteiger partial charge < -0.3 is 24.0 Å². The van der Waals surface area contributed by atoms with Crippen LogP contribution in [0.1, 0.15) is 23.5 Å². The Morgan fingerprint density at radius 2 is 1.70 bits per heavy atom. The van der Waals surface area contributed by atoms with Crippen molar-refractivity contribution in [3.63, 3.8) is 0 Å². The highest BCUT2D eigenvalue weighted by molar-refractivity contribution is 6.30. The SMILES string of the molecule is COc1ccc([C@H]2CN(CCc3ccc(OC)c(OC)c3)C[C@@H]2CC(=O)N(C)c2cccc(Cl)c2)cc1. The highest BCUT2D eigenvalue weighted by atomic mass is 35.5. The van der Waals surface area contributed by atoms with Gasteiger partial charge in [0.15, 0.2) is 11.5 Å². The van der Waals surface area contributed by atoms with E-state index in [1.165, 1.54) is 11.1 Å². The fourth-order valence-corrected chi connectivity index (χ4v) is 5.28. The second kappa shape index (κ2) is 12.3. The Morgan fingerprint density at radius 1 is 0.946 bits per heavy atom. The van der Waals surface area contributed by atoms with Gasteiger partial charge in [-0.15, -0.1) is 0 Å². The molecule has 1 aliphatic rings. The van der Waals surface area contributed by atoms with E-state index in [1.54, 1.807) is 26.2 Å². The van der Waals surface area contributed by atoms with Crippen LogP contribution in [0.25, 0.3) is 0 Å². The van der Waals surface area contributed by atoms with Crippen LogP contribution in [0.15, 0.2) is 66.7 Å². The Balaban J connectivity index is 1.48. The van der Waals surface area contributed by atoms with Gasteiger partial charge in [-0.25, -0.2) is 0 Å². The minimum absolute atomic E-state index is 0.0903. The van der Waals surface area contributed by atoms with Gasteiger partial charge in [0, 0.05) is 49.7 Å². The van der Waals surface area contributed by atoms with E-state index in [0.29, 0.717) is 11.4 Å². The maximum absolute atomic E-state index is 13.3. The molecule has 7 heteroatoms. The number of hydrogen-bond donors (Lipinski definition) is 0. The van der Waals surface area contributed by atoms with E-state index in [2.05, 4.69) is 23.1 Å². The van der Waals surface area contributed by atoms with Crippen molar-refractivity contribution in [2.24, 2.45) is 5.92 Å².